The van der Waals surface area contributed by atoms with Crippen molar-refractivity contribution in [3.63, 3.8) is 0 Å². The average Bonchev–Trinajstić information content (AvgIpc) is 2.88. The van der Waals surface area contributed by atoms with Crippen LogP contribution < -0.4 is 0 Å². The topological polar surface area (TPSA) is 20.2 Å². The number of fused-ring (bicyclic) bond motifs is 5. The molecule has 0 amide bonds. The number of rotatable bonds is 1. The van der Waals surface area contributed by atoms with E-state index in [1.165, 1.54) is 37.7 Å². The summed E-state index contributed by atoms with van der Waals surface area (Å²) in [5.74, 6) is 5.48. The van der Waals surface area contributed by atoms with Gasteiger partial charge < -0.3 is 5.11 Å². The van der Waals surface area contributed by atoms with E-state index in [0.29, 0.717) is 17.8 Å². The summed E-state index contributed by atoms with van der Waals surface area (Å²) in [5, 5.41) is 11.2. The van der Waals surface area contributed by atoms with Gasteiger partial charge in [-0.05, 0) is 81.5 Å². The number of aliphatic hydroxyl groups is 1. The molecule has 0 aromatic carbocycles. The molecule has 0 aromatic rings. The minimum absolute atomic E-state index is 0.115. The summed E-state index contributed by atoms with van der Waals surface area (Å²) in [6, 6.07) is 0. The van der Waals surface area contributed by atoms with Crippen LogP contribution in [0, 0.1) is 41.4 Å². The number of allylic oxidation sites excluding steroid dienone is 3. The van der Waals surface area contributed by atoms with Crippen LogP contribution in [0.5, 0.6) is 0 Å². The second-order valence-electron chi connectivity index (χ2n) is 8.54. The van der Waals surface area contributed by atoms with Gasteiger partial charge in [-0.15, -0.1) is 6.42 Å². The molecule has 23 heavy (non-hydrogen) atoms. The van der Waals surface area contributed by atoms with E-state index in [1.54, 1.807) is 5.57 Å². The lowest BCUT2D eigenvalue weighted by Gasteiger charge is -2.56. The van der Waals surface area contributed by atoms with Crippen LogP contribution in [0.3, 0.4) is 0 Å². The lowest BCUT2D eigenvalue weighted by molar-refractivity contribution is -0.0788. The second kappa shape index (κ2) is 5.25. The SMILES string of the molecule is C#C[C@]1(O)CC[C@H]2[C@@H]3CCC4=CCCC[C@@H]4[C@H]3C(=C)CC21CC. The van der Waals surface area contributed by atoms with E-state index in [2.05, 4.69) is 25.5 Å². The van der Waals surface area contributed by atoms with Crippen LogP contribution in [0.1, 0.15) is 64.7 Å². The highest BCUT2D eigenvalue weighted by molar-refractivity contribution is 5.32. The van der Waals surface area contributed by atoms with Crippen molar-refractivity contribution >= 4 is 0 Å². The van der Waals surface area contributed by atoms with E-state index in [1.807, 2.05) is 0 Å². The minimum Gasteiger partial charge on any atom is -0.377 e. The third kappa shape index (κ3) is 1.91. The monoisotopic (exact) mass is 310 g/mol. The standard InChI is InChI=1S/C22H30O/c1-4-21-14-15(3)20-17-9-7-6-8-16(17)10-11-18(20)19(21)12-13-22(21,23)5-2/h2,8,17-20,23H,3-4,6-7,9-14H2,1H3/t17-,18-,19-,20+,21?,22-/m0/s1. The molecule has 0 spiro atoms. The van der Waals surface area contributed by atoms with E-state index in [4.69, 9.17) is 6.42 Å². The predicted molar refractivity (Wildman–Crippen MR) is 94.6 cm³/mol. The van der Waals surface area contributed by atoms with Crippen molar-refractivity contribution in [1.82, 2.24) is 0 Å². The molecule has 4 aliphatic carbocycles. The third-order valence-electron chi connectivity index (χ3n) is 8.01. The van der Waals surface area contributed by atoms with Gasteiger partial charge in [0.25, 0.3) is 0 Å². The van der Waals surface area contributed by atoms with Gasteiger partial charge in [-0.3, -0.25) is 0 Å². The molecule has 3 fully saturated rings. The summed E-state index contributed by atoms with van der Waals surface area (Å²) in [4.78, 5) is 0. The molecule has 0 aromatic heterocycles. The van der Waals surface area contributed by atoms with Crippen LogP contribution in [-0.4, -0.2) is 10.7 Å². The molecule has 6 atom stereocenters. The summed E-state index contributed by atoms with van der Waals surface area (Å²) in [5.41, 5.74) is 2.08. The Morgan fingerprint density at radius 3 is 2.96 bits per heavy atom. The first-order valence-electron chi connectivity index (χ1n) is 9.63. The molecule has 1 N–H and O–H groups in total. The number of hydrogen-bond acceptors (Lipinski definition) is 1. The molecule has 0 saturated heterocycles. The summed E-state index contributed by atoms with van der Waals surface area (Å²) >= 11 is 0. The zero-order chi connectivity index (χ0) is 16.2. The molecule has 1 nitrogen and oxygen atoms in total. The lowest BCUT2D eigenvalue weighted by atomic mass is 9.48. The van der Waals surface area contributed by atoms with Gasteiger partial charge in [0, 0.05) is 5.41 Å². The van der Waals surface area contributed by atoms with Crippen molar-refractivity contribution in [2.24, 2.45) is 29.1 Å². The molecular formula is C22H30O. The molecule has 0 heterocycles. The number of hydrogen-bond donors (Lipinski definition) is 1. The van der Waals surface area contributed by atoms with Crippen LogP contribution in [0.15, 0.2) is 23.8 Å². The summed E-state index contributed by atoms with van der Waals surface area (Å²) in [6.45, 7) is 6.76. The number of terminal acetylenes is 1. The van der Waals surface area contributed by atoms with Crippen LogP contribution in [0.25, 0.3) is 0 Å². The van der Waals surface area contributed by atoms with Crippen molar-refractivity contribution in [3.8, 4) is 12.3 Å². The molecule has 0 radical (unpaired) electrons. The highest BCUT2D eigenvalue weighted by atomic mass is 16.3. The summed E-state index contributed by atoms with van der Waals surface area (Å²) < 4.78 is 0. The Morgan fingerprint density at radius 2 is 2.22 bits per heavy atom. The van der Waals surface area contributed by atoms with Gasteiger partial charge in [0.15, 0.2) is 0 Å². The predicted octanol–water partition coefficient (Wildman–Crippen LogP) is 4.87. The fraction of sp³-hybridized carbons (Fsp3) is 0.727. The van der Waals surface area contributed by atoms with Crippen LogP contribution in [-0.2, 0) is 0 Å². The summed E-state index contributed by atoms with van der Waals surface area (Å²) in [7, 11) is 0. The highest BCUT2D eigenvalue weighted by Crippen LogP contribution is 2.67. The fourth-order valence-corrected chi connectivity index (χ4v) is 7.03. The van der Waals surface area contributed by atoms with Gasteiger partial charge in [0.05, 0.1) is 0 Å². The highest BCUT2D eigenvalue weighted by Gasteiger charge is 2.64. The van der Waals surface area contributed by atoms with Gasteiger partial charge in [-0.1, -0.05) is 36.6 Å². The molecule has 4 aliphatic rings. The van der Waals surface area contributed by atoms with Crippen molar-refractivity contribution in [1.29, 1.82) is 0 Å². The first kappa shape index (κ1) is 15.5. The molecule has 0 aliphatic heterocycles. The van der Waals surface area contributed by atoms with Crippen molar-refractivity contribution in [2.45, 2.75) is 70.3 Å². The van der Waals surface area contributed by atoms with Gasteiger partial charge in [-0.2, -0.15) is 0 Å². The third-order valence-corrected chi connectivity index (χ3v) is 8.01. The average molecular weight is 310 g/mol. The molecule has 3 saturated carbocycles. The Hall–Kier alpha value is -1.00. The van der Waals surface area contributed by atoms with E-state index >= 15 is 0 Å². The van der Waals surface area contributed by atoms with Crippen molar-refractivity contribution < 1.29 is 5.11 Å². The first-order valence-corrected chi connectivity index (χ1v) is 9.63. The Labute approximate surface area is 141 Å². The first-order chi connectivity index (χ1) is 11.1. The van der Waals surface area contributed by atoms with Gasteiger partial charge in [0.2, 0.25) is 0 Å². The Kier molecular flexibility index (Phi) is 3.54. The smallest absolute Gasteiger partial charge is 0.131 e. The van der Waals surface area contributed by atoms with Crippen molar-refractivity contribution in [3.05, 3.63) is 23.8 Å². The zero-order valence-corrected chi connectivity index (χ0v) is 14.5. The fourth-order valence-electron chi connectivity index (χ4n) is 7.03. The van der Waals surface area contributed by atoms with Crippen LogP contribution in [0.4, 0.5) is 0 Å². The quantitative estimate of drug-likeness (QED) is 0.541. The molecule has 1 unspecified atom stereocenters. The maximum atomic E-state index is 11.2. The maximum Gasteiger partial charge on any atom is 0.131 e. The van der Waals surface area contributed by atoms with Gasteiger partial charge in [0.1, 0.15) is 5.60 Å². The normalized spacial score (nSPS) is 48.7. The Balaban J connectivity index is 1.74. The lowest BCUT2D eigenvalue weighted by Crippen LogP contribution is -2.54. The summed E-state index contributed by atoms with van der Waals surface area (Å²) in [6.07, 6.45) is 18.6. The molecular weight excluding hydrogens is 280 g/mol. The molecule has 124 valence electrons. The molecule has 1 heteroatoms. The van der Waals surface area contributed by atoms with Crippen LogP contribution >= 0.6 is 0 Å². The molecule has 0 bridgehead atoms. The van der Waals surface area contributed by atoms with E-state index in [9.17, 15) is 5.11 Å². The zero-order valence-electron chi connectivity index (χ0n) is 14.5. The van der Waals surface area contributed by atoms with E-state index in [-0.39, 0.29) is 5.41 Å². The Morgan fingerprint density at radius 1 is 1.39 bits per heavy atom. The maximum absolute atomic E-state index is 11.2. The Bertz CT molecular complexity index is 594. The minimum atomic E-state index is -0.914. The van der Waals surface area contributed by atoms with Gasteiger partial charge in [-0.25, -0.2) is 0 Å². The van der Waals surface area contributed by atoms with Crippen LogP contribution in [0.2, 0.25) is 0 Å². The molecule has 4 rings (SSSR count). The van der Waals surface area contributed by atoms with E-state index in [0.717, 1.165) is 31.6 Å². The van der Waals surface area contributed by atoms with Gasteiger partial charge >= 0.3 is 0 Å². The second-order valence-corrected chi connectivity index (χ2v) is 8.54. The van der Waals surface area contributed by atoms with E-state index < -0.39 is 5.60 Å². The van der Waals surface area contributed by atoms with Crippen molar-refractivity contribution in [2.75, 3.05) is 0 Å². The largest absolute Gasteiger partial charge is 0.377 e.